The fourth-order valence-corrected chi connectivity index (χ4v) is 3.94. The molecule has 0 bridgehead atoms. The largest absolute Gasteiger partial charge is 0.492 e. The van der Waals surface area contributed by atoms with E-state index < -0.39 is 0 Å². The highest BCUT2D eigenvalue weighted by atomic mass is 16.5. The minimum absolute atomic E-state index is 0.571. The molecular weight excluding hydrogens is 382 g/mol. The molecular formula is C27H25N3O. The maximum Gasteiger partial charge on any atom is 0.141 e. The van der Waals surface area contributed by atoms with E-state index in [1.807, 2.05) is 26.2 Å². The number of hydrogen-bond donors (Lipinski definition) is 0. The molecule has 0 unspecified atom stereocenters. The van der Waals surface area contributed by atoms with Gasteiger partial charge in [0.15, 0.2) is 0 Å². The summed E-state index contributed by atoms with van der Waals surface area (Å²) in [6, 6.07) is 31.4. The van der Waals surface area contributed by atoms with Crippen molar-refractivity contribution in [1.29, 1.82) is 0 Å². The Kier molecular flexibility index (Phi) is 5.04. The van der Waals surface area contributed by atoms with Gasteiger partial charge in [-0.1, -0.05) is 42.5 Å². The van der Waals surface area contributed by atoms with Gasteiger partial charge in [0.05, 0.1) is 17.6 Å². The van der Waals surface area contributed by atoms with E-state index in [0.29, 0.717) is 6.61 Å². The van der Waals surface area contributed by atoms with Crippen LogP contribution in [-0.4, -0.2) is 30.3 Å². The van der Waals surface area contributed by atoms with E-state index in [2.05, 4.69) is 88.3 Å². The monoisotopic (exact) mass is 407 g/mol. The number of rotatable bonds is 6. The molecule has 0 saturated heterocycles. The van der Waals surface area contributed by atoms with E-state index in [-0.39, 0.29) is 0 Å². The molecule has 0 aliphatic carbocycles. The molecule has 0 aliphatic rings. The van der Waals surface area contributed by atoms with Gasteiger partial charge in [-0.2, -0.15) is 0 Å². The summed E-state index contributed by atoms with van der Waals surface area (Å²) < 4.78 is 8.37. The standard InChI is InChI=1S/C27H25N3O/c1-29(2)23-14-11-21(12-15-23)27-28-25-9-5-6-10-26(25)30(27)17-18-31-24-16-13-20-7-3-4-8-22(20)19-24/h3-16,19H,17-18H2,1-2H3. The zero-order chi connectivity index (χ0) is 21.2. The van der Waals surface area contributed by atoms with E-state index >= 15 is 0 Å². The Hall–Kier alpha value is -3.79. The molecule has 0 radical (unpaired) electrons. The molecule has 4 heteroatoms. The Morgan fingerprint density at radius 1 is 0.806 bits per heavy atom. The van der Waals surface area contributed by atoms with Crippen LogP contribution in [-0.2, 0) is 6.54 Å². The predicted octanol–water partition coefficient (Wildman–Crippen LogP) is 6.00. The van der Waals surface area contributed by atoms with E-state index in [0.717, 1.165) is 34.7 Å². The minimum Gasteiger partial charge on any atom is -0.492 e. The second-order valence-electron chi connectivity index (χ2n) is 7.87. The van der Waals surface area contributed by atoms with Crippen LogP contribution in [0.15, 0.2) is 91.0 Å². The van der Waals surface area contributed by atoms with Crippen LogP contribution < -0.4 is 9.64 Å². The lowest BCUT2D eigenvalue weighted by Gasteiger charge is -2.14. The molecule has 4 nitrogen and oxygen atoms in total. The summed E-state index contributed by atoms with van der Waals surface area (Å²) in [5.74, 6) is 1.86. The van der Waals surface area contributed by atoms with Gasteiger partial charge in [0.2, 0.25) is 0 Å². The van der Waals surface area contributed by atoms with Crippen molar-refractivity contribution in [3.05, 3.63) is 91.0 Å². The molecule has 0 atom stereocenters. The predicted molar refractivity (Wildman–Crippen MR) is 129 cm³/mol. The van der Waals surface area contributed by atoms with Crippen molar-refractivity contribution in [1.82, 2.24) is 9.55 Å². The van der Waals surface area contributed by atoms with Crippen LogP contribution in [0.25, 0.3) is 33.2 Å². The molecule has 0 saturated carbocycles. The Morgan fingerprint density at radius 3 is 2.35 bits per heavy atom. The molecule has 5 aromatic rings. The van der Waals surface area contributed by atoms with E-state index in [9.17, 15) is 0 Å². The second-order valence-corrected chi connectivity index (χ2v) is 7.87. The van der Waals surface area contributed by atoms with Crippen LogP contribution in [0.4, 0.5) is 5.69 Å². The van der Waals surface area contributed by atoms with Crippen molar-refractivity contribution >= 4 is 27.5 Å². The van der Waals surface area contributed by atoms with Crippen LogP contribution >= 0.6 is 0 Å². The molecule has 1 aromatic heterocycles. The van der Waals surface area contributed by atoms with Crippen molar-refractivity contribution in [2.75, 3.05) is 25.6 Å². The Labute approximate surface area is 182 Å². The summed E-state index contributed by atoms with van der Waals surface area (Å²) in [5, 5.41) is 2.41. The van der Waals surface area contributed by atoms with Crippen LogP contribution in [0.5, 0.6) is 5.75 Å². The molecule has 31 heavy (non-hydrogen) atoms. The fraction of sp³-hybridized carbons (Fsp3) is 0.148. The van der Waals surface area contributed by atoms with Gasteiger partial charge >= 0.3 is 0 Å². The second kappa shape index (κ2) is 8.15. The topological polar surface area (TPSA) is 30.3 Å². The maximum atomic E-state index is 6.12. The number of anilines is 1. The third-order valence-electron chi connectivity index (χ3n) is 5.60. The van der Waals surface area contributed by atoms with Crippen molar-refractivity contribution < 1.29 is 4.74 Å². The normalized spacial score (nSPS) is 11.2. The number of aromatic nitrogens is 2. The van der Waals surface area contributed by atoms with Gasteiger partial charge in [0, 0.05) is 25.3 Å². The van der Waals surface area contributed by atoms with Gasteiger partial charge in [-0.3, -0.25) is 0 Å². The third-order valence-corrected chi connectivity index (χ3v) is 5.60. The zero-order valence-electron chi connectivity index (χ0n) is 17.8. The van der Waals surface area contributed by atoms with Crippen LogP contribution in [0, 0.1) is 0 Å². The molecule has 0 amide bonds. The highest BCUT2D eigenvalue weighted by Gasteiger charge is 2.13. The first-order valence-corrected chi connectivity index (χ1v) is 10.5. The first kappa shape index (κ1) is 19.2. The summed E-state index contributed by atoms with van der Waals surface area (Å²) in [7, 11) is 4.10. The van der Waals surface area contributed by atoms with Gasteiger partial charge in [-0.05, 0) is 59.3 Å². The number of ether oxygens (including phenoxy) is 1. The van der Waals surface area contributed by atoms with Gasteiger partial charge in [-0.25, -0.2) is 4.98 Å². The summed E-state index contributed by atoms with van der Waals surface area (Å²) in [6.07, 6.45) is 0. The summed E-state index contributed by atoms with van der Waals surface area (Å²) in [6.45, 7) is 1.29. The van der Waals surface area contributed by atoms with Gasteiger partial charge in [0.25, 0.3) is 0 Å². The quantitative estimate of drug-likeness (QED) is 0.346. The molecule has 154 valence electrons. The number of benzene rings is 4. The molecule has 0 aliphatic heterocycles. The lowest BCUT2D eigenvalue weighted by Crippen LogP contribution is -2.10. The number of imidazole rings is 1. The first-order valence-electron chi connectivity index (χ1n) is 10.5. The summed E-state index contributed by atoms with van der Waals surface area (Å²) in [5.41, 5.74) is 4.40. The van der Waals surface area contributed by atoms with E-state index in [1.165, 1.54) is 16.5 Å². The number of nitrogens with zero attached hydrogens (tertiary/aromatic N) is 3. The van der Waals surface area contributed by atoms with Crippen molar-refractivity contribution in [3.8, 4) is 17.1 Å². The minimum atomic E-state index is 0.571. The Balaban J connectivity index is 1.42. The van der Waals surface area contributed by atoms with Gasteiger partial charge < -0.3 is 14.2 Å². The maximum absolute atomic E-state index is 6.12. The number of fused-ring (bicyclic) bond motifs is 2. The Morgan fingerprint density at radius 2 is 1.55 bits per heavy atom. The molecule has 5 rings (SSSR count). The van der Waals surface area contributed by atoms with Crippen molar-refractivity contribution in [2.45, 2.75) is 6.54 Å². The van der Waals surface area contributed by atoms with Crippen molar-refractivity contribution in [3.63, 3.8) is 0 Å². The van der Waals surface area contributed by atoms with Gasteiger partial charge in [0.1, 0.15) is 18.2 Å². The first-order chi connectivity index (χ1) is 15.2. The highest BCUT2D eigenvalue weighted by Crippen LogP contribution is 2.27. The van der Waals surface area contributed by atoms with Crippen LogP contribution in [0.1, 0.15) is 0 Å². The molecule has 1 heterocycles. The van der Waals surface area contributed by atoms with Crippen LogP contribution in [0.3, 0.4) is 0 Å². The average Bonchev–Trinajstić information content (AvgIpc) is 3.18. The van der Waals surface area contributed by atoms with Crippen molar-refractivity contribution in [2.24, 2.45) is 0 Å². The van der Waals surface area contributed by atoms with Gasteiger partial charge in [-0.15, -0.1) is 0 Å². The summed E-state index contributed by atoms with van der Waals surface area (Å²) >= 11 is 0. The Bertz CT molecular complexity index is 1340. The zero-order valence-corrected chi connectivity index (χ0v) is 17.8. The molecule has 0 N–H and O–H groups in total. The highest BCUT2D eigenvalue weighted by molar-refractivity contribution is 5.84. The average molecular weight is 408 g/mol. The molecule has 0 spiro atoms. The van der Waals surface area contributed by atoms with Crippen LogP contribution in [0.2, 0.25) is 0 Å². The SMILES string of the molecule is CN(C)c1ccc(-c2nc3ccccc3n2CCOc2ccc3ccccc3c2)cc1. The number of hydrogen-bond acceptors (Lipinski definition) is 3. The third kappa shape index (κ3) is 3.84. The fourth-order valence-electron chi connectivity index (χ4n) is 3.94. The lowest BCUT2D eigenvalue weighted by molar-refractivity contribution is 0.301. The summed E-state index contributed by atoms with van der Waals surface area (Å²) in [4.78, 5) is 7.02. The molecule has 4 aromatic carbocycles. The lowest BCUT2D eigenvalue weighted by atomic mass is 10.1. The van der Waals surface area contributed by atoms with E-state index in [4.69, 9.17) is 9.72 Å². The number of para-hydroxylation sites is 2. The molecule has 0 fully saturated rings. The smallest absolute Gasteiger partial charge is 0.141 e. The van der Waals surface area contributed by atoms with E-state index in [1.54, 1.807) is 0 Å².